The Morgan fingerprint density at radius 2 is 1.65 bits per heavy atom. The first-order valence-corrected chi connectivity index (χ1v) is 6.19. The lowest BCUT2D eigenvalue weighted by Crippen LogP contribution is -1.91. The van der Waals surface area contributed by atoms with E-state index in [0.29, 0.717) is 0 Å². The molecule has 0 amide bonds. The van der Waals surface area contributed by atoms with E-state index in [4.69, 9.17) is 5.26 Å². The van der Waals surface area contributed by atoms with E-state index in [0.717, 1.165) is 21.2 Å². The maximum Gasteiger partial charge on any atom is 0.0998 e. The van der Waals surface area contributed by atoms with Crippen molar-refractivity contribution in [2.75, 3.05) is 0 Å². The molecule has 0 aromatic heterocycles. The molecule has 2 aromatic rings. The number of hydrogen-bond donors (Lipinski definition) is 0. The predicted octanol–water partition coefficient (Wildman–Crippen LogP) is 4.60. The predicted molar refractivity (Wildman–Crippen MR) is 73.8 cm³/mol. The summed E-state index contributed by atoms with van der Waals surface area (Å²) in [4.78, 5) is 0. The van der Waals surface area contributed by atoms with Gasteiger partial charge in [0, 0.05) is 4.47 Å². The summed E-state index contributed by atoms with van der Waals surface area (Å²) in [5, 5.41) is 9.16. The number of aryl methyl sites for hydroxylation is 2. The van der Waals surface area contributed by atoms with Crippen molar-refractivity contribution in [2.45, 2.75) is 13.8 Å². The van der Waals surface area contributed by atoms with Gasteiger partial charge in [-0.15, -0.1) is 0 Å². The average molecular weight is 286 g/mol. The van der Waals surface area contributed by atoms with Crippen LogP contribution in [0.15, 0.2) is 40.9 Å². The molecule has 0 spiro atoms. The Labute approximate surface area is 110 Å². The third-order valence-corrected chi connectivity index (χ3v) is 3.27. The lowest BCUT2D eigenvalue weighted by atomic mass is 9.93. The van der Waals surface area contributed by atoms with Gasteiger partial charge in [0.15, 0.2) is 0 Å². The minimum Gasteiger partial charge on any atom is -0.192 e. The smallest absolute Gasteiger partial charge is 0.0998 e. The fraction of sp³-hybridized carbons (Fsp3) is 0.133. The number of nitriles is 1. The maximum absolute atomic E-state index is 9.16. The van der Waals surface area contributed by atoms with Crippen molar-refractivity contribution in [1.29, 1.82) is 5.26 Å². The second-order valence-electron chi connectivity index (χ2n) is 4.07. The van der Waals surface area contributed by atoms with Crippen molar-refractivity contribution in [3.8, 4) is 17.2 Å². The Bertz CT molecular complexity index is 586. The van der Waals surface area contributed by atoms with Crippen LogP contribution in [0.25, 0.3) is 11.1 Å². The summed E-state index contributed by atoms with van der Waals surface area (Å²) in [6.45, 7) is 4.14. The first kappa shape index (κ1) is 11.9. The van der Waals surface area contributed by atoms with Crippen molar-refractivity contribution in [2.24, 2.45) is 0 Å². The molecule has 17 heavy (non-hydrogen) atoms. The molecular formula is C15H12BrN. The summed E-state index contributed by atoms with van der Waals surface area (Å²) in [6.07, 6.45) is 0. The number of halogens is 1. The average Bonchev–Trinajstić information content (AvgIpc) is 2.28. The first-order valence-electron chi connectivity index (χ1n) is 5.39. The molecule has 0 saturated heterocycles. The van der Waals surface area contributed by atoms with Crippen LogP contribution in [-0.4, -0.2) is 0 Å². The summed E-state index contributed by atoms with van der Waals surface area (Å²) < 4.78 is 1.07. The van der Waals surface area contributed by atoms with Crippen LogP contribution in [0.2, 0.25) is 0 Å². The lowest BCUT2D eigenvalue weighted by Gasteiger charge is -2.12. The topological polar surface area (TPSA) is 23.8 Å². The molecule has 0 bridgehead atoms. The van der Waals surface area contributed by atoms with E-state index >= 15 is 0 Å². The van der Waals surface area contributed by atoms with Crippen LogP contribution in [0.5, 0.6) is 0 Å². The fourth-order valence-corrected chi connectivity index (χ4v) is 2.82. The van der Waals surface area contributed by atoms with Gasteiger partial charge in [-0.1, -0.05) is 34.1 Å². The van der Waals surface area contributed by atoms with E-state index in [-0.39, 0.29) is 0 Å². The second kappa shape index (κ2) is 4.73. The van der Waals surface area contributed by atoms with Gasteiger partial charge < -0.3 is 0 Å². The minimum absolute atomic E-state index is 0.723. The third-order valence-electron chi connectivity index (χ3n) is 2.81. The highest BCUT2D eigenvalue weighted by molar-refractivity contribution is 9.10. The normalized spacial score (nSPS) is 10.0. The number of rotatable bonds is 1. The van der Waals surface area contributed by atoms with Gasteiger partial charge in [-0.25, -0.2) is 0 Å². The molecule has 0 saturated carbocycles. The molecule has 0 heterocycles. The molecular weight excluding hydrogens is 274 g/mol. The van der Waals surface area contributed by atoms with Crippen LogP contribution in [0.4, 0.5) is 0 Å². The molecule has 0 N–H and O–H groups in total. The summed E-state index contributed by atoms with van der Waals surface area (Å²) in [7, 11) is 0. The van der Waals surface area contributed by atoms with Crippen LogP contribution in [-0.2, 0) is 0 Å². The van der Waals surface area contributed by atoms with Crippen molar-refractivity contribution >= 4 is 15.9 Å². The highest BCUT2D eigenvalue weighted by Gasteiger charge is 2.10. The van der Waals surface area contributed by atoms with Crippen molar-refractivity contribution in [1.82, 2.24) is 0 Å². The van der Waals surface area contributed by atoms with Gasteiger partial charge in [-0.3, -0.25) is 0 Å². The van der Waals surface area contributed by atoms with Crippen LogP contribution in [0.1, 0.15) is 16.7 Å². The highest BCUT2D eigenvalue weighted by atomic mass is 79.9. The van der Waals surface area contributed by atoms with Crippen LogP contribution >= 0.6 is 15.9 Å². The van der Waals surface area contributed by atoms with Crippen molar-refractivity contribution in [3.63, 3.8) is 0 Å². The van der Waals surface area contributed by atoms with Gasteiger partial charge in [0.1, 0.15) is 0 Å². The Kier molecular flexibility index (Phi) is 3.31. The zero-order valence-electron chi connectivity index (χ0n) is 9.79. The Morgan fingerprint density at radius 1 is 1.06 bits per heavy atom. The van der Waals surface area contributed by atoms with E-state index < -0.39 is 0 Å². The van der Waals surface area contributed by atoms with Gasteiger partial charge in [-0.2, -0.15) is 5.26 Å². The maximum atomic E-state index is 9.16. The fourth-order valence-electron chi connectivity index (χ4n) is 2.13. The summed E-state index contributed by atoms with van der Waals surface area (Å²) in [5.41, 5.74) is 5.25. The van der Waals surface area contributed by atoms with Gasteiger partial charge in [0.2, 0.25) is 0 Å². The summed E-state index contributed by atoms with van der Waals surface area (Å²) >= 11 is 3.49. The zero-order valence-corrected chi connectivity index (χ0v) is 11.4. The number of benzene rings is 2. The quantitative estimate of drug-likeness (QED) is 0.751. The Morgan fingerprint density at radius 3 is 2.24 bits per heavy atom. The van der Waals surface area contributed by atoms with Crippen molar-refractivity contribution < 1.29 is 0 Å². The lowest BCUT2D eigenvalue weighted by molar-refractivity contribution is 1.35. The van der Waals surface area contributed by atoms with Gasteiger partial charge in [0.25, 0.3) is 0 Å². The molecule has 0 radical (unpaired) electrons. The van der Waals surface area contributed by atoms with Crippen molar-refractivity contribution in [3.05, 3.63) is 57.6 Å². The van der Waals surface area contributed by atoms with Crippen LogP contribution in [0.3, 0.4) is 0 Å². The number of nitrogens with zero attached hydrogens (tertiary/aromatic N) is 1. The van der Waals surface area contributed by atoms with Gasteiger partial charge in [-0.05, 0) is 54.3 Å². The van der Waals surface area contributed by atoms with E-state index in [1.165, 1.54) is 11.1 Å². The molecule has 2 rings (SSSR count). The molecule has 0 atom stereocenters. The summed E-state index contributed by atoms with van der Waals surface area (Å²) in [6, 6.07) is 14.1. The molecule has 0 aliphatic heterocycles. The summed E-state index contributed by atoms with van der Waals surface area (Å²) in [5.74, 6) is 0. The van der Waals surface area contributed by atoms with E-state index in [2.05, 4.69) is 48.0 Å². The SMILES string of the molecule is Cc1cc(Br)cc(C)c1-c1ccccc1C#N. The van der Waals surface area contributed by atoms with Crippen LogP contribution < -0.4 is 0 Å². The molecule has 2 heteroatoms. The number of hydrogen-bond acceptors (Lipinski definition) is 1. The minimum atomic E-state index is 0.723. The molecule has 0 unspecified atom stereocenters. The highest BCUT2D eigenvalue weighted by Crippen LogP contribution is 2.32. The monoisotopic (exact) mass is 285 g/mol. The Hall–Kier alpha value is -1.59. The van der Waals surface area contributed by atoms with Gasteiger partial charge >= 0.3 is 0 Å². The first-order chi connectivity index (χ1) is 8.13. The largest absolute Gasteiger partial charge is 0.192 e. The molecule has 0 aliphatic carbocycles. The Balaban J connectivity index is 2.74. The van der Waals surface area contributed by atoms with E-state index in [1.807, 2.05) is 24.3 Å². The third kappa shape index (κ3) is 2.25. The molecule has 1 nitrogen and oxygen atoms in total. The van der Waals surface area contributed by atoms with E-state index in [9.17, 15) is 0 Å². The molecule has 0 aliphatic rings. The molecule has 0 fully saturated rings. The second-order valence-corrected chi connectivity index (χ2v) is 4.99. The van der Waals surface area contributed by atoms with Gasteiger partial charge in [0.05, 0.1) is 11.6 Å². The van der Waals surface area contributed by atoms with E-state index in [1.54, 1.807) is 0 Å². The molecule has 84 valence electrons. The zero-order chi connectivity index (χ0) is 12.4. The van der Waals surface area contributed by atoms with Crippen LogP contribution in [0, 0.1) is 25.2 Å². The standard InChI is InChI=1S/C15H12BrN/c1-10-7-13(16)8-11(2)15(10)14-6-4-3-5-12(14)9-17/h3-8H,1-2H3. The molecule has 2 aromatic carbocycles.